The summed E-state index contributed by atoms with van der Waals surface area (Å²) in [6, 6.07) is 5.42. The van der Waals surface area contributed by atoms with E-state index >= 15 is 0 Å². The zero-order chi connectivity index (χ0) is 14.6. The van der Waals surface area contributed by atoms with Crippen LogP contribution < -0.4 is 5.32 Å². The van der Waals surface area contributed by atoms with Gasteiger partial charge in [0.2, 0.25) is 5.91 Å². The minimum absolute atomic E-state index is 0.0472. The highest BCUT2D eigenvalue weighted by Gasteiger charge is 2.17. The van der Waals surface area contributed by atoms with E-state index in [4.69, 9.17) is 0 Å². The number of nitrogens with zero attached hydrogens (tertiary/aromatic N) is 2. The summed E-state index contributed by atoms with van der Waals surface area (Å²) in [5.41, 5.74) is 1.11. The summed E-state index contributed by atoms with van der Waals surface area (Å²) in [6.07, 6.45) is 1.65. The third kappa shape index (κ3) is 4.31. The van der Waals surface area contributed by atoms with E-state index in [2.05, 4.69) is 41.4 Å². The number of thiazole rings is 1. The number of amides is 1. The molecule has 0 atom stereocenters. The van der Waals surface area contributed by atoms with Crippen molar-refractivity contribution in [3.8, 4) is 0 Å². The van der Waals surface area contributed by atoms with Crippen LogP contribution in [-0.4, -0.2) is 21.6 Å². The maximum Gasteiger partial charge on any atom is 0.235 e. The summed E-state index contributed by atoms with van der Waals surface area (Å²) in [5.74, 6) is 0.849. The third-order valence-corrected chi connectivity index (χ3v) is 4.53. The van der Waals surface area contributed by atoms with Crippen LogP contribution in [0.3, 0.4) is 0 Å². The molecule has 2 aromatic heterocycles. The molecule has 0 aliphatic rings. The molecule has 0 fully saturated rings. The fourth-order valence-electron chi connectivity index (χ4n) is 1.41. The second-order valence-corrected chi connectivity index (χ2v) is 7.38. The van der Waals surface area contributed by atoms with Gasteiger partial charge in [-0.15, -0.1) is 11.3 Å². The first-order chi connectivity index (χ1) is 9.45. The lowest BCUT2D eigenvalue weighted by molar-refractivity contribution is -0.113. The van der Waals surface area contributed by atoms with Gasteiger partial charge in [0.15, 0.2) is 4.34 Å². The Morgan fingerprint density at radius 3 is 2.80 bits per heavy atom. The van der Waals surface area contributed by atoms with Gasteiger partial charge in [-0.25, -0.2) is 9.97 Å². The van der Waals surface area contributed by atoms with E-state index in [-0.39, 0.29) is 11.3 Å². The Morgan fingerprint density at radius 2 is 2.20 bits per heavy atom. The van der Waals surface area contributed by atoms with Gasteiger partial charge in [-0.1, -0.05) is 38.6 Å². The first-order valence-electron chi connectivity index (χ1n) is 6.25. The highest BCUT2D eigenvalue weighted by molar-refractivity contribution is 8.01. The molecule has 0 aliphatic carbocycles. The van der Waals surface area contributed by atoms with E-state index in [1.54, 1.807) is 23.6 Å². The topological polar surface area (TPSA) is 54.9 Å². The standard InChI is InChI=1S/C14H17N3OS2/c1-14(2,3)10-8-19-13(16-10)20-9-12(18)17-11-6-4-5-7-15-11/h4-8H,9H2,1-3H3,(H,15,17,18). The first-order valence-corrected chi connectivity index (χ1v) is 8.11. The fraction of sp³-hybridized carbons (Fsp3) is 0.357. The third-order valence-electron chi connectivity index (χ3n) is 2.51. The molecule has 106 valence electrons. The van der Waals surface area contributed by atoms with Crippen LogP contribution in [0.5, 0.6) is 0 Å². The van der Waals surface area contributed by atoms with Gasteiger partial charge in [0.25, 0.3) is 0 Å². The first kappa shape index (κ1) is 15.0. The Kier molecular flexibility index (Phi) is 4.77. The van der Waals surface area contributed by atoms with E-state index in [0.717, 1.165) is 10.0 Å². The Morgan fingerprint density at radius 1 is 1.40 bits per heavy atom. The van der Waals surface area contributed by atoms with Crippen molar-refractivity contribution in [3.63, 3.8) is 0 Å². The van der Waals surface area contributed by atoms with Gasteiger partial charge in [-0.05, 0) is 12.1 Å². The van der Waals surface area contributed by atoms with Crippen molar-refractivity contribution in [1.82, 2.24) is 9.97 Å². The molecule has 0 saturated carbocycles. The Bertz CT molecular complexity index is 576. The lowest BCUT2D eigenvalue weighted by atomic mass is 9.93. The molecule has 4 nitrogen and oxygen atoms in total. The fourth-order valence-corrected chi connectivity index (χ4v) is 3.26. The summed E-state index contributed by atoms with van der Waals surface area (Å²) in [5, 5.41) is 4.81. The lowest BCUT2D eigenvalue weighted by Gasteiger charge is -2.14. The largest absolute Gasteiger partial charge is 0.310 e. The molecule has 20 heavy (non-hydrogen) atoms. The van der Waals surface area contributed by atoms with Crippen LogP contribution in [-0.2, 0) is 10.2 Å². The Hall–Kier alpha value is -1.40. The minimum Gasteiger partial charge on any atom is -0.310 e. The maximum atomic E-state index is 11.8. The van der Waals surface area contributed by atoms with Crippen molar-refractivity contribution in [2.45, 2.75) is 30.5 Å². The molecule has 2 heterocycles. The molecule has 2 rings (SSSR count). The van der Waals surface area contributed by atoms with E-state index in [0.29, 0.717) is 11.6 Å². The SMILES string of the molecule is CC(C)(C)c1csc(SCC(=O)Nc2ccccn2)n1. The Labute approximate surface area is 127 Å². The number of carbonyl (C=O) groups excluding carboxylic acids is 1. The van der Waals surface area contributed by atoms with Crippen molar-refractivity contribution in [3.05, 3.63) is 35.5 Å². The van der Waals surface area contributed by atoms with Crippen LogP contribution in [0.25, 0.3) is 0 Å². The van der Waals surface area contributed by atoms with Crippen LogP contribution >= 0.6 is 23.1 Å². The summed E-state index contributed by atoms with van der Waals surface area (Å²) >= 11 is 3.03. The van der Waals surface area contributed by atoms with Crippen LogP contribution in [0.15, 0.2) is 34.1 Å². The molecule has 1 amide bonds. The van der Waals surface area contributed by atoms with Gasteiger partial charge < -0.3 is 5.32 Å². The van der Waals surface area contributed by atoms with E-state index in [1.807, 2.05) is 12.1 Å². The summed E-state index contributed by atoms with van der Waals surface area (Å²) in [7, 11) is 0. The number of hydrogen-bond acceptors (Lipinski definition) is 5. The molecule has 0 spiro atoms. The summed E-state index contributed by atoms with van der Waals surface area (Å²) < 4.78 is 0.922. The van der Waals surface area contributed by atoms with Gasteiger partial charge in [-0.2, -0.15) is 0 Å². The van der Waals surface area contributed by atoms with E-state index in [1.165, 1.54) is 11.8 Å². The van der Waals surface area contributed by atoms with Gasteiger partial charge in [0.1, 0.15) is 5.82 Å². The van der Waals surface area contributed by atoms with Crippen molar-refractivity contribution in [1.29, 1.82) is 0 Å². The molecule has 0 aliphatic heterocycles. The van der Waals surface area contributed by atoms with Gasteiger partial charge in [0.05, 0.1) is 11.4 Å². The number of thioether (sulfide) groups is 1. The van der Waals surface area contributed by atoms with E-state index < -0.39 is 0 Å². The highest BCUT2D eigenvalue weighted by Crippen LogP contribution is 2.29. The van der Waals surface area contributed by atoms with Gasteiger partial charge in [-0.3, -0.25) is 4.79 Å². The second-order valence-electron chi connectivity index (χ2n) is 5.30. The smallest absolute Gasteiger partial charge is 0.235 e. The molecule has 0 unspecified atom stereocenters. The molecule has 6 heteroatoms. The number of nitrogens with one attached hydrogen (secondary N) is 1. The number of hydrogen-bond donors (Lipinski definition) is 1. The predicted molar refractivity (Wildman–Crippen MR) is 84.4 cm³/mol. The number of carbonyl (C=O) groups is 1. The average Bonchev–Trinajstić information content (AvgIpc) is 2.86. The van der Waals surface area contributed by atoms with Crippen LogP contribution in [0.1, 0.15) is 26.5 Å². The number of pyridine rings is 1. The van der Waals surface area contributed by atoms with E-state index in [9.17, 15) is 4.79 Å². The van der Waals surface area contributed by atoms with Crippen molar-refractivity contribution < 1.29 is 4.79 Å². The molecule has 0 radical (unpaired) electrons. The highest BCUT2D eigenvalue weighted by atomic mass is 32.2. The molecular formula is C14H17N3OS2. The minimum atomic E-state index is -0.0683. The lowest BCUT2D eigenvalue weighted by Crippen LogP contribution is -2.15. The van der Waals surface area contributed by atoms with Crippen LogP contribution in [0, 0.1) is 0 Å². The number of aromatic nitrogens is 2. The zero-order valence-corrected chi connectivity index (χ0v) is 13.3. The van der Waals surface area contributed by atoms with Crippen LogP contribution in [0.4, 0.5) is 5.82 Å². The second kappa shape index (κ2) is 6.37. The maximum absolute atomic E-state index is 11.8. The molecule has 0 aromatic carbocycles. The average molecular weight is 307 g/mol. The van der Waals surface area contributed by atoms with Crippen molar-refractivity contribution in [2.75, 3.05) is 11.1 Å². The van der Waals surface area contributed by atoms with Crippen molar-refractivity contribution in [2.24, 2.45) is 0 Å². The van der Waals surface area contributed by atoms with Crippen LogP contribution in [0.2, 0.25) is 0 Å². The number of anilines is 1. The number of rotatable bonds is 4. The molecule has 0 bridgehead atoms. The Balaban J connectivity index is 1.86. The zero-order valence-electron chi connectivity index (χ0n) is 11.7. The normalized spacial score (nSPS) is 11.3. The summed E-state index contributed by atoms with van der Waals surface area (Å²) in [6.45, 7) is 6.39. The molecule has 0 saturated heterocycles. The van der Waals surface area contributed by atoms with Gasteiger partial charge >= 0.3 is 0 Å². The van der Waals surface area contributed by atoms with Crippen molar-refractivity contribution >= 4 is 34.8 Å². The quantitative estimate of drug-likeness (QED) is 0.877. The predicted octanol–water partition coefficient (Wildman–Crippen LogP) is 3.57. The van der Waals surface area contributed by atoms with Gasteiger partial charge in [0, 0.05) is 17.0 Å². The monoisotopic (exact) mass is 307 g/mol. The summed E-state index contributed by atoms with van der Waals surface area (Å²) in [4.78, 5) is 20.4. The molecule has 2 aromatic rings. The molecule has 1 N–H and O–H groups in total. The molecular weight excluding hydrogens is 290 g/mol.